The van der Waals surface area contributed by atoms with Gasteiger partial charge in [0.15, 0.2) is 0 Å². The van der Waals surface area contributed by atoms with Gasteiger partial charge in [0, 0.05) is 22.1 Å². The zero-order valence-corrected chi connectivity index (χ0v) is 52.3. The molecule has 0 aliphatic rings. The monoisotopic (exact) mass is 1090 g/mol. The fourth-order valence-corrected chi connectivity index (χ4v) is 14.2. The van der Waals surface area contributed by atoms with Crippen LogP contribution in [0.4, 0.5) is 0 Å². The maximum absolute atomic E-state index is 12.0. The molecular formula is C60H126CrO6P3. The smallest absolute Gasteiger partial charge is 0.799 e. The first-order valence-electron chi connectivity index (χ1n) is 31.2. The number of unbranched alkanes of at least 4 members (excludes halogenated alkanes) is 42. The molecule has 0 bridgehead atoms. The minimum atomic E-state index is -3.07. The molecule has 0 unspecified atom stereocenters. The molecule has 1 radical (unpaired) electrons. The van der Waals surface area contributed by atoms with Crippen molar-refractivity contribution in [2.75, 3.05) is 37.0 Å². The fourth-order valence-electron chi connectivity index (χ4n) is 9.25. The van der Waals surface area contributed by atoms with E-state index in [0.717, 1.165) is 77.0 Å². The molecular weight excluding hydrogens is 962 g/mol. The molecule has 0 N–H and O–H groups in total. The van der Waals surface area contributed by atoms with Gasteiger partial charge in [0.1, 0.15) is 0 Å². The van der Waals surface area contributed by atoms with Crippen LogP contribution in [0.2, 0.25) is 0 Å². The Morgan fingerprint density at radius 2 is 0.271 bits per heavy atom. The van der Waals surface area contributed by atoms with Gasteiger partial charge in [-0.1, -0.05) is 311 Å². The van der Waals surface area contributed by atoms with E-state index in [1.165, 1.54) is 231 Å². The normalized spacial score (nSPS) is 11.8. The molecule has 0 aromatic rings. The number of rotatable bonds is 54. The van der Waals surface area contributed by atoms with E-state index in [1.54, 1.807) is 0 Å². The van der Waals surface area contributed by atoms with Gasteiger partial charge in [-0.3, -0.25) is 0 Å². The zero-order chi connectivity index (χ0) is 51.7. The Bertz CT molecular complexity index is 905. The van der Waals surface area contributed by atoms with Gasteiger partial charge in [0.2, 0.25) is 0 Å². The topological polar surface area (TPSA) is 120 Å². The van der Waals surface area contributed by atoms with E-state index in [2.05, 4.69) is 41.5 Å². The summed E-state index contributed by atoms with van der Waals surface area (Å²) in [5.41, 5.74) is 0. The minimum absolute atomic E-state index is 0. The Hall–Kier alpha value is 1.10. The molecule has 0 amide bonds. The second-order valence-corrected chi connectivity index (χ2v) is 29.2. The second-order valence-electron chi connectivity index (χ2n) is 21.6. The van der Waals surface area contributed by atoms with Crippen LogP contribution in [0.25, 0.3) is 0 Å². The first-order chi connectivity index (χ1) is 33.4. The van der Waals surface area contributed by atoms with Crippen LogP contribution in [0.5, 0.6) is 0 Å². The number of hydrogen-bond acceptors (Lipinski definition) is 6. The predicted molar refractivity (Wildman–Crippen MR) is 308 cm³/mol. The predicted octanol–water partition coefficient (Wildman–Crippen LogP) is 20.7. The van der Waals surface area contributed by atoms with Crippen LogP contribution in [0.15, 0.2) is 0 Å². The third kappa shape index (κ3) is 71.2. The van der Waals surface area contributed by atoms with E-state index in [9.17, 15) is 28.4 Å². The molecule has 0 saturated heterocycles. The standard InChI is InChI=1S/3C20H43O2P.Cr/c3*1-3-5-7-9-11-13-15-17-19-23(21,22)20-18-16-14-12-10-8-6-4-2;/h3*3-20H2,1-2H3,(H,21,22);/q;;;+3/p-3. The van der Waals surface area contributed by atoms with Gasteiger partial charge in [-0.25, -0.2) is 0 Å². The van der Waals surface area contributed by atoms with E-state index in [1.807, 2.05) is 0 Å². The maximum atomic E-state index is 12.0. The second kappa shape index (κ2) is 62.6. The molecule has 6 nitrogen and oxygen atoms in total. The Labute approximate surface area is 452 Å². The van der Waals surface area contributed by atoms with Crippen LogP contribution in [0.1, 0.15) is 350 Å². The molecule has 0 saturated carbocycles. The van der Waals surface area contributed by atoms with Crippen molar-refractivity contribution in [3.8, 4) is 0 Å². The Balaban J connectivity index is -0.000000463. The zero-order valence-electron chi connectivity index (χ0n) is 48.4. The van der Waals surface area contributed by atoms with Gasteiger partial charge in [0.25, 0.3) is 0 Å². The summed E-state index contributed by atoms with van der Waals surface area (Å²) in [5, 5.41) is 0. The molecule has 423 valence electrons. The van der Waals surface area contributed by atoms with Crippen molar-refractivity contribution in [2.24, 2.45) is 0 Å². The molecule has 0 rings (SSSR count). The summed E-state index contributed by atoms with van der Waals surface area (Å²) in [6.45, 7) is 13.4. The minimum Gasteiger partial charge on any atom is -0.799 e. The SMILES string of the molecule is CCCCCCCCCCP(=O)([O-])CCCCCCCCCC.CCCCCCCCCCP(=O)([O-])CCCCCCCCCC.CCCCCCCCCCP(=O)([O-])CCCCCCCCCC.[Cr+3]. The van der Waals surface area contributed by atoms with Crippen molar-refractivity contribution < 1.29 is 45.7 Å². The average molecular weight is 1090 g/mol. The van der Waals surface area contributed by atoms with Crippen molar-refractivity contribution in [1.82, 2.24) is 0 Å². The fraction of sp³-hybridized carbons (Fsp3) is 1.00. The maximum Gasteiger partial charge on any atom is 3.00 e. The summed E-state index contributed by atoms with van der Waals surface area (Å²) in [5.74, 6) is 0. The summed E-state index contributed by atoms with van der Waals surface area (Å²) in [6, 6.07) is 0. The Morgan fingerprint density at radius 3 is 0.371 bits per heavy atom. The Morgan fingerprint density at radius 1 is 0.186 bits per heavy atom. The molecule has 0 heterocycles. The van der Waals surface area contributed by atoms with E-state index >= 15 is 0 Å². The molecule has 0 fully saturated rings. The third-order valence-electron chi connectivity index (χ3n) is 14.1. The third-order valence-corrected chi connectivity index (χ3v) is 20.1. The van der Waals surface area contributed by atoms with Crippen LogP contribution >= 0.6 is 22.1 Å². The summed E-state index contributed by atoms with van der Waals surface area (Å²) in [4.78, 5) is 36.0. The van der Waals surface area contributed by atoms with E-state index in [-0.39, 0.29) is 17.4 Å². The van der Waals surface area contributed by atoms with E-state index in [0.29, 0.717) is 37.0 Å². The number of hydrogen-bond donors (Lipinski definition) is 0. The molecule has 70 heavy (non-hydrogen) atoms. The summed E-state index contributed by atoms with van der Waals surface area (Å²) in [6.07, 6.45) is 61.2. The van der Waals surface area contributed by atoms with Gasteiger partial charge >= 0.3 is 17.4 Å². The van der Waals surface area contributed by atoms with Crippen LogP contribution in [-0.2, 0) is 31.1 Å². The first kappa shape index (κ1) is 77.6. The molecule has 0 aromatic carbocycles. The van der Waals surface area contributed by atoms with Crippen molar-refractivity contribution in [2.45, 2.75) is 350 Å². The van der Waals surface area contributed by atoms with Crippen molar-refractivity contribution in [3.05, 3.63) is 0 Å². The van der Waals surface area contributed by atoms with Crippen LogP contribution in [-0.4, -0.2) is 37.0 Å². The first-order valence-corrected chi connectivity index (χ1v) is 37.2. The largest absolute Gasteiger partial charge is 3.00 e. The molecule has 0 atom stereocenters. The average Bonchev–Trinajstić information content (AvgIpc) is 3.32. The Kier molecular flexibility index (Phi) is 69.4. The van der Waals surface area contributed by atoms with Gasteiger partial charge in [-0.15, -0.1) is 0 Å². The molecule has 0 aliphatic heterocycles. The van der Waals surface area contributed by atoms with E-state index in [4.69, 9.17) is 0 Å². The quantitative estimate of drug-likeness (QED) is 0.0442. The summed E-state index contributed by atoms with van der Waals surface area (Å²) < 4.78 is 36.0. The van der Waals surface area contributed by atoms with Crippen molar-refractivity contribution >= 4 is 22.1 Å². The molecule has 10 heteroatoms. The molecule has 0 aliphatic carbocycles. The van der Waals surface area contributed by atoms with Gasteiger partial charge < -0.3 is 28.4 Å². The summed E-state index contributed by atoms with van der Waals surface area (Å²) >= 11 is 0. The van der Waals surface area contributed by atoms with Crippen molar-refractivity contribution in [1.29, 1.82) is 0 Å². The van der Waals surface area contributed by atoms with Crippen LogP contribution in [0.3, 0.4) is 0 Å². The molecule has 0 aromatic heterocycles. The molecule has 0 spiro atoms. The van der Waals surface area contributed by atoms with E-state index < -0.39 is 22.1 Å². The van der Waals surface area contributed by atoms with Gasteiger partial charge in [0.05, 0.1) is 0 Å². The summed E-state index contributed by atoms with van der Waals surface area (Å²) in [7, 11) is -9.22. The van der Waals surface area contributed by atoms with Gasteiger partial charge in [-0.05, 0) is 75.5 Å². The van der Waals surface area contributed by atoms with Crippen LogP contribution < -0.4 is 14.7 Å². The van der Waals surface area contributed by atoms with Crippen LogP contribution in [0, 0.1) is 0 Å². The van der Waals surface area contributed by atoms with Gasteiger partial charge in [-0.2, -0.15) is 0 Å². The van der Waals surface area contributed by atoms with Crippen molar-refractivity contribution in [3.63, 3.8) is 0 Å².